The highest BCUT2D eigenvalue weighted by Crippen LogP contribution is 2.31. The molecule has 1 unspecified atom stereocenters. The summed E-state index contributed by atoms with van der Waals surface area (Å²) in [6, 6.07) is 6.71. The first kappa shape index (κ1) is 23.4. The van der Waals surface area contributed by atoms with Gasteiger partial charge in [0.15, 0.2) is 0 Å². The van der Waals surface area contributed by atoms with Crippen molar-refractivity contribution in [2.45, 2.75) is 85.0 Å². The van der Waals surface area contributed by atoms with E-state index >= 15 is 0 Å². The van der Waals surface area contributed by atoms with E-state index in [0.717, 1.165) is 50.4 Å². The Bertz CT molecular complexity index is 614. The maximum atomic E-state index is 12.4. The summed E-state index contributed by atoms with van der Waals surface area (Å²) in [4.78, 5) is 24.6. The molecule has 0 aliphatic heterocycles. The Morgan fingerprint density at radius 1 is 1.00 bits per heavy atom. The smallest absolute Gasteiger partial charge is 0.338 e. The van der Waals surface area contributed by atoms with Crippen molar-refractivity contribution in [2.24, 2.45) is 17.8 Å². The lowest BCUT2D eigenvalue weighted by molar-refractivity contribution is -0.140. The van der Waals surface area contributed by atoms with E-state index in [-0.39, 0.29) is 17.9 Å². The van der Waals surface area contributed by atoms with Crippen molar-refractivity contribution in [3.63, 3.8) is 0 Å². The van der Waals surface area contributed by atoms with Gasteiger partial charge < -0.3 is 9.47 Å². The quantitative estimate of drug-likeness (QED) is 0.238. The Morgan fingerprint density at radius 3 is 2.28 bits per heavy atom. The highest BCUT2D eigenvalue weighted by Gasteiger charge is 2.27. The minimum atomic E-state index is -0.315. The van der Waals surface area contributed by atoms with Crippen molar-refractivity contribution in [1.82, 2.24) is 0 Å². The predicted octanol–water partition coefficient (Wildman–Crippen LogP) is 6.57. The van der Waals surface area contributed by atoms with E-state index in [9.17, 15) is 9.59 Å². The average molecular weight is 403 g/mol. The second-order valence-corrected chi connectivity index (χ2v) is 8.41. The third-order valence-electron chi connectivity index (χ3n) is 6.33. The second-order valence-electron chi connectivity index (χ2n) is 8.41. The van der Waals surface area contributed by atoms with Crippen LogP contribution in [0.15, 0.2) is 24.3 Å². The third-order valence-corrected chi connectivity index (χ3v) is 6.33. The number of ether oxygens (including phenoxy) is 2. The van der Waals surface area contributed by atoms with Gasteiger partial charge in [0.25, 0.3) is 0 Å². The largest absolute Gasteiger partial charge is 0.462 e. The molecule has 4 heteroatoms. The Kier molecular flexibility index (Phi) is 10.2. The second kappa shape index (κ2) is 12.7. The number of rotatable bonds is 11. The molecule has 1 saturated carbocycles. The van der Waals surface area contributed by atoms with E-state index in [1.165, 1.54) is 25.7 Å². The van der Waals surface area contributed by atoms with Crippen molar-refractivity contribution in [1.29, 1.82) is 0 Å². The van der Waals surface area contributed by atoms with Gasteiger partial charge in [-0.1, -0.05) is 46.5 Å². The molecule has 1 fully saturated rings. The number of carbonyl (C=O) groups is 2. The summed E-state index contributed by atoms with van der Waals surface area (Å²) in [7, 11) is 0. The lowest BCUT2D eigenvalue weighted by Gasteiger charge is -2.26. The third kappa shape index (κ3) is 7.83. The fourth-order valence-corrected chi connectivity index (χ4v) is 4.25. The van der Waals surface area contributed by atoms with Crippen LogP contribution in [0.3, 0.4) is 0 Å². The zero-order valence-corrected chi connectivity index (χ0v) is 18.5. The number of esters is 2. The van der Waals surface area contributed by atoms with Crippen LogP contribution < -0.4 is 4.74 Å². The Labute approximate surface area is 176 Å². The fraction of sp³-hybridized carbons (Fsp3) is 0.680. The molecule has 1 aromatic carbocycles. The molecule has 0 bridgehead atoms. The van der Waals surface area contributed by atoms with E-state index in [4.69, 9.17) is 9.47 Å². The van der Waals surface area contributed by atoms with Crippen LogP contribution in [0.2, 0.25) is 0 Å². The van der Waals surface area contributed by atoms with Gasteiger partial charge in [0.1, 0.15) is 5.75 Å². The number of carbonyl (C=O) groups excluding carboxylic acids is 2. The molecule has 1 atom stereocenters. The van der Waals surface area contributed by atoms with Gasteiger partial charge in [-0.05, 0) is 74.6 Å². The molecular weight excluding hydrogens is 364 g/mol. The van der Waals surface area contributed by atoms with Gasteiger partial charge in [-0.25, -0.2) is 4.79 Å². The molecule has 0 saturated heterocycles. The topological polar surface area (TPSA) is 52.6 Å². The monoisotopic (exact) mass is 402 g/mol. The summed E-state index contributed by atoms with van der Waals surface area (Å²) in [5, 5.41) is 0. The van der Waals surface area contributed by atoms with Crippen LogP contribution in [0.1, 0.15) is 95.3 Å². The molecule has 0 N–H and O–H groups in total. The van der Waals surface area contributed by atoms with Crippen LogP contribution in [0.25, 0.3) is 0 Å². The molecule has 0 aromatic heterocycles. The fourth-order valence-electron chi connectivity index (χ4n) is 4.25. The lowest BCUT2D eigenvalue weighted by Crippen LogP contribution is -2.25. The van der Waals surface area contributed by atoms with Gasteiger partial charge in [0.05, 0.1) is 18.1 Å². The van der Waals surface area contributed by atoms with Crippen molar-refractivity contribution in [3.8, 4) is 5.75 Å². The van der Waals surface area contributed by atoms with E-state index < -0.39 is 0 Å². The average Bonchev–Trinajstić information content (AvgIpc) is 2.76. The predicted molar refractivity (Wildman–Crippen MR) is 116 cm³/mol. The zero-order chi connectivity index (χ0) is 21.1. The molecular formula is C25H38O4. The highest BCUT2D eigenvalue weighted by molar-refractivity contribution is 5.89. The SMILES string of the molecule is CCCC(CC)CCCOC(=O)c1ccc(OC(=O)C2CCC(CC)CC2)cc1. The molecule has 0 amide bonds. The van der Waals surface area contributed by atoms with Gasteiger partial charge in [0, 0.05) is 0 Å². The van der Waals surface area contributed by atoms with Crippen LogP contribution in [-0.2, 0) is 9.53 Å². The molecule has 0 heterocycles. The Morgan fingerprint density at radius 2 is 1.69 bits per heavy atom. The van der Waals surface area contributed by atoms with Gasteiger partial charge in [0.2, 0.25) is 0 Å². The van der Waals surface area contributed by atoms with Crippen LogP contribution in [-0.4, -0.2) is 18.5 Å². The van der Waals surface area contributed by atoms with Crippen molar-refractivity contribution in [2.75, 3.05) is 6.61 Å². The van der Waals surface area contributed by atoms with Gasteiger partial charge >= 0.3 is 11.9 Å². The van der Waals surface area contributed by atoms with Crippen molar-refractivity contribution < 1.29 is 19.1 Å². The number of hydrogen-bond donors (Lipinski definition) is 0. The van der Waals surface area contributed by atoms with Crippen LogP contribution in [0.4, 0.5) is 0 Å². The molecule has 2 rings (SSSR count). The molecule has 4 nitrogen and oxygen atoms in total. The summed E-state index contributed by atoms with van der Waals surface area (Å²) in [5.41, 5.74) is 0.494. The normalized spacial score (nSPS) is 20.1. The zero-order valence-electron chi connectivity index (χ0n) is 18.5. The maximum Gasteiger partial charge on any atom is 0.338 e. The first-order chi connectivity index (χ1) is 14.1. The molecule has 29 heavy (non-hydrogen) atoms. The summed E-state index contributed by atoms with van der Waals surface area (Å²) >= 11 is 0. The van der Waals surface area contributed by atoms with Crippen molar-refractivity contribution >= 4 is 11.9 Å². The van der Waals surface area contributed by atoms with Crippen LogP contribution >= 0.6 is 0 Å². The minimum absolute atomic E-state index is 0.00194. The van der Waals surface area contributed by atoms with Gasteiger partial charge in [-0.3, -0.25) is 4.79 Å². The van der Waals surface area contributed by atoms with Gasteiger partial charge in [-0.15, -0.1) is 0 Å². The Balaban J connectivity index is 1.73. The number of hydrogen-bond acceptors (Lipinski definition) is 4. The maximum absolute atomic E-state index is 12.4. The van der Waals surface area contributed by atoms with Gasteiger partial charge in [-0.2, -0.15) is 0 Å². The molecule has 1 aromatic rings. The van der Waals surface area contributed by atoms with E-state index in [0.29, 0.717) is 17.9 Å². The highest BCUT2D eigenvalue weighted by atomic mass is 16.5. The van der Waals surface area contributed by atoms with E-state index in [2.05, 4.69) is 20.8 Å². The number of benzene rings is 1. The molecule has 1 aliphatic rings. The first-order valence-electron chi connectivity index (χ1n) is 11.6. The molecule has 0 radical (unpaired) electrons. The minimum Gasteiger partial charge on any atom is -0.462 e. The lowest BCUT2D eigenvalue weighted by atomic mass is 9.81. The summed E-state index contributed by atoms with van der Waals surface area (Å²) < 4.78 is 10.9. The molecule has 1 aliphatic carbocycles. The Hall–Kier alpha value is -1.84. The van der Waals surface area contributed by atoms with Crippen LogP contribution in [0.5, 0.6) is 5.75 Å². The first-order valence-corrected chi connectivity index (χ1v) is 11.6. The summed E-state index contributed by atoms with van der Waals surface area (Å²) in [6.07, 6.45) is 10.9. The summed E-state index contributed by atoms with van der Waals surface area (Å²) in [6.45, 7) is 7.10. The molecule has 0 spiro atoms. The van der Waals surface area contributed by atoms with Crippen LogP contribution in [0, 0.1) is 17.8 Å². The standard InChI is InChI=1S/C25H38O4/c1-4-8-19(5-2)9-7-18-28-24(26)21-14-16-23(17-15-21)29-25(27)22-12-10-20(6-3)11-13-22/h14-17,19-20,22H,4-13,18H2,1-3H3. The summed E-state index contributed by atoms with van der Waals surface area (Å²) in [5.74, 6) is 1.52. The van der Waals surface area contributed by atoms with Crippen molar-refractivity contribution in [3.05, 3.63) is 29.8 Å². The van der Waals surface area contributed by atoms with E-state index in [1.807, 2.05) is 0 Å². The van der Waals surface area contributed by atoms with E-state index in [1.54, 1.807) is 24.3 Å². The molecule has 162 valence electrons.